The molecule has 0 bridgehead atoms. The molecule has 2 aliphatic heterocycles. The van der Waals surface area contributed by atoms with E-state index in [1.165, 1.54) is 11.8 Å². The Labute approximate surface area is 207 Å². The highest BCUT2D eigenvalue weighted by Gasteiger charge is 2.24. The molecule has 5 heterocycles. The van der Waals surface area contributed by atoms with E-state index in [4.69, 9.17) is 9.47 Å². The fourth-order valence-corrected chi connectivity index (χ4v) is 5.04. The third kappa shape index (κ3) is 5.71. The molecule has 184 valence electrons. The zero-order valence-corrected chi connectivity index (χ0v) is 20.3. The number of thioether (sulfide) groups is 1. The average molecular weight is 497 g/mol. The maximum Gasteiger partial charge on any atom is 0.235 e. The minimum atomic E-state index is -0.709. The number of aliphatic hydroxyl groups excluding tert-OH is 1. The summed E-state index contributed by atoms with van der Waals surface area (Å²) in [4.78, 5) is 28.2. The highest BCUT2D eigenvalue weighted by atomic mass is 32.2. The van der Waals surface area contributed by atoms with Gasteiger partial charge in [0.05, 0.1) is 53.3 Å². The molecule has 0 aliphatic carbocycles. The number of carbonyl (C=O) groups is 1. The summed E-state index contributed by atoms with van der Waals surface area (Å²) in [5.74, 6) is 1.53. The lowest BCUT2D eigenvalue weighted by molar-refractivity contribution is -0.113. The van der Waals surface area contributed by atoms with Crippen LogP contribution in [0.15, 0.2) is 41.4 Å². The number of morpholine rings is 1. The normalized spacial score (nSPS) is 19.3. The summed E-state index contributed by atoms with van der Waals surface area (Å²) >= 11 is 1.50. The number of β-amino-alcohol motifs (C(OH)–C–C–N with tert-alkyl or cyclic N) is 1. The molecule has 0 saturated carbocycles. The van der Waals surface area contributed by atoms with E-state index in [2.05, 4.69) is 30.5 Å². The summed E-state index contributed by atoms with van der Waals surface area (Å²) in [6.45, 7) is 3.76. The molecule has 11 heteroatoms. The molecule has 10 nitrogen and oxygen atoms in total. The Balaban J connectivity index is 1.15. The van der Waals surface area contributed by atoms with Gasteiger partial charge in [-0.25, -0.2) is 9.97 Å². The second-order valence-electron chi connectivity index (χ2n) is 8.51. The number of nitrogens with zero attached hydrogens (tertiary/aromatic N) is 4. The van der Waals surface area contributed by atoms with Crippen LogP contribution in [0, 0.1) is 0 Å². The smallest absolute Gasteiger partial charge is 0.235 e. The topological polar surface area (TPSA) is 122 Å². The summed E-state index contributed by atoms with van der Waals surface area (Å²) < 4.78 is 11.2. The largest absolute Gasteiger partial charge is 0.481 e. The van der Waals surface area contributed by atoms with E-state index >= 15 is 0 Å². The second kappa shape index (κ2) is 10.8. The number of methoxy groups -OCH3 is 1. The van der Waals surface area contributed by atoms with E-state index < -0.39 is 6.10 Å². The van der Waals surface area contributed by atoms with Crippen molar-refractivity contribution >= 4 is 34.5 Å². The molecule has 3 N–H and O–H groups in total. The zero-order chi connectivity index (χ0) is 24.2. The molecule has 2 aliphatic rings. The van der Waals surface area contributed by atoms with Gasteiger partial charge in [0.2, 0.25) is 11.8 Å². The van der Waals surface area contributed by atoms with Crippen molar-refractivity contribution < 1.29 is 19.4 Å². The van der Waals surface area contributed by atoms with Crippen LogP contribution in [-0.2, 0) is 16.1 Å². The lowest BCUT2D eigenvalue weighted by atomic mass is 10.1. The van der Waals surface area contributed by atoms with Crippen LogP contribution >= 0.6 is 11.8 Å². The van der Waals surface area contributed by atoms with Gasteiger partial charge >= 0.3 is 0 Å². The average Bonchev–Trinajstić information content (AvgIpc) is 2.88. The Morgan fingerprint density at radius 1 is 1.31 bits per heavy atom. The number of carbonyl (C=O) groups excluding carboxylic acids is 1. The van der Waals surface area contributed by atoms with E-state index in [1.807, 2.05) is 24.3 Å². The number of ether oxygens (including phenoxy) is 2. The Kier molecular flexibility index (Phi) is 7.40. The minimum Gasteiger partial charge on any atom is -0.481 e. The molecule has 5 rings (SSSR count). The third-order valence-corrected chi connectivity index (χ3v) is 7.07. The van der Waals surface area contributed by atoms with E-state index in [0.29, 0.717) is 55.8 Å². The number of aromatic nitrogens is 3. The molecule has 0 spiro atoms. The van der Waals surface area contributed by atoms with Crippen LogP contribution in [0.1, 0.15) is 17.4 Å². The number of amides is 1. The van der Waals surface area contributed by atoms with Crippen molar-refractivity contribution in [2.75, 3.05) is 51.0 Å². The van der Waals surface area contributed by atoms with E-state index in [0.717, 1.165) is 28.2 Å². The van der Waals surface area contributed by atoms with Gasteiger partial charge in [0, 0.05) is 50.6 Å². The van der Waals surface area contributed by atoms with Gasteiger partial charge in [0.15, 0.2) is 0 Å². The number of anilines is 1. The van der Waals surface area contributed by atoms with Crippen molar-refractivity contribution in [1.29, 1.82) is 0 Å². The van der Waals surface area contributed by atoms with Gasteiger partial charge in [-0.15, -0.1) is 11.8 Å². The Hall–Kier alpha value is -2.83. The van der Waals surface area contributed by atoms with Crippen molar-refractivity contribution in [1.82, 2.24) is 25.2 Å². The monoisotopic (exact) mass is 496 g/mol. The Morgan fingerprint density at radius 3 is 3.11 bits per heavy atom. The quantitative estimate of drug-likeness (QED) is 0.424. The molecule has 0 radical (unpaired) electrons. The number of nitrogens with one attached hydrogen (secondary N) is 2. The molecule has 1 fully saturated rings. The summed E-state index contributed by atoms with van der Waals surface area (Å²) in [5.41, 5.74) is 2.97. The molecular formula is C24H28N6O4S. The van der Waals surface area contributed by atoms with Crippen LogP contribution in [0.4, 0.5) is 5.82 Å². The third-order valence-electron chi connectivity index (χ3n) is 6.02. The highest BCUT2D eigenvalue weighted by molar-refractivity contribution is 8.00. The van der Waals surface area contributed by atoms with Gasteiger partial charge in [0.1, 0.15) is 5.82 Å². The molecule has 1 amide bonds. The van der Waals surface area contributed by atoms with Crippen LogP contribution in [0.3, 0.4) is 0 Å². The first-order valence-electron chi connectivity index (χ1n) is 11.5. The molecule has 3 aromatic rings. The van der Waals surface area contributed by atoms with Gasteiger partial charge in [-0.3, -0.25) is 14.7 Å². The zero-order valence-electron chi connectivity index (χ0n) is 19.4. The summed E-state index contributed by atoms with van der Waals surface area (Å²) in [5, 5.41) is 17.2. The number of hydrogen-bond donors (Lipinski definition) is 3. The summed E-state index contributed by atoms with van der Waals surface area (Å²) in [6.07, 6.45) is 0.982. The van der Waals surface area contributed by atoms with E-state index in [-0.39, 0.29) is 12.0 Å². The molecule has 35 heavy (non-hydrogen) atoms. The lowest BCUT2D eigenvalue weighted by Gasteiger charge is -2.34. The first kappa shape index (κ1) is 23.9. The Morgan fingerprint density at radius 2 is 2.23 bits per heavy atom. The van der Waals surface area contributed by atoms with Crippen molar-refractivity contribution in [3.05, 3.63) is 47.8 Å². The van der Waals surface area contributed by atoms with Gasteiger partial charge in [-0.2, -0.15) is 0 Å². The molecule has 2 atom stereocenters. The van der Waals surface area contributed by atoms with Crippen molar-refractivity contribution in [3.8, 4) is 5.88 Å². The van der Waals surface area contributed by atoms with Crippen LogP contribution in [0.25, 0.3) is 11.0 Å². The maximum atomic E-state index is 11.6. The predicted octanol–water partition coefficient (Wildman–Crippen LogP) is 1.60. The molecule has 1 saturated heterocycles. The molecule has 0 unspecified atom stereocenters. The van der Waals surface area contributed by atoms with Crippen LogP contribution in [0.5, 0.6) is 5.88 Å². The first-order valence-corrected chi connectivity index (χ1v) is 12.5. The minimum absolute atomic E-state index is 0.00348. The first-order chi connectivity index (χ1) is 17.1. The van der Waals surface area contributed by atoms with Gasteiger partial charge in [-0.1, -0.05) is 0 Å². The fourth-order valence-electron chi connectivity index (χ4n) is 4.29. The van der Waals surface area contributed by atoms with Crippen molar-refractivity contribution in [2.24, 2.45) is 0 Å². The number of aliphatic hydroxyl groups is 1. The number of rotatable bonds is 8. The highest BCUT2D eigenvalue weighted by Crippen LogP contribution is 2.29. The molecule has 0 aromatic carbocycles. The standard InChI is InChI=1S/C24H28N6O4S/c1-33-22-5-3-18-23(29-22)17(6-7-26-18)19(31)13-30-8-9-34-16(12-30)11-25-10-15-2-4-20-24(27-15)28-21(32)14-35-20/h2-7,16,19,25,31H,8-14H2,1H3,(H,27,28,32)/t16-,19-/m1/s1. The van der Waals surface area contributed by atoms with Crippen LogP contribution in [-0.4, -0.2) is 82.6 Å². The van der Waals surface area contributed by atoms with E-state index in [1.54, 1.807) is 19.4 Å². The SMILES string of the molecule is COc1ccc2nccc([C@H](O)CN3CCO[C@H](CNCc4ccc5c(n4)NC(=O)CS5)C3)c2n1. The van der Waals surface area contributed by atoms with E-state index in [9.17, 15) is 9.90 Å². The van der Waals surface area contributed by atoms with Crippen LogP contribution < -0.4 is 15.4 Å². The molecular weight excluding hydrogens is 468 g/mol. The van der Waals surface area contributed by atoms with Gasteiger partial charge in [-0.05, 0) is 24.3 Å². The fraction of sp³-hybridized carbons (Fsp3) is 0.417. The maximum absolute atomic E-state index is 11.6. The number of fused-ring (bicyclic) bond motifs is 2. The van der Waals surface area contributed by atoms with Crippen LogP contribution in [0.2, 0.25) is 0 Å². The van der Waals surface area contributed by atoms with Crippen molar-refractivity contribution in [2.45, 2.75) is 23.6 Å². The predicted molar refractivity (Wildman–Crippen MR) is 133 cm³/mol. The summed E-state index contributed by atoms with van der Waals surface area (Å²) in [6, 6.07) is 9.39. The lowest BCUT2D eigenvalue weighted by Crippen LogP contribution is -2.47. The van der Waals surface area contributed by atoms with Gasteiger partial charge < -0.3 is 25.2 Å². The number of pyridine rings is 3. The summed E-state index contributed by atoms with van der Waals surface area (Å²) in [7, 11) is 1.57. The molecule has 3 aromatic heterocycles. The van der Waals surface area contributed by atoms with Gasteiger partial charge in [0.25, 0.3) is 0 Å². The number of hydrogen-bond acceptors (Lipinski definition) is 10. The van der Waals surface area contributed by atoms with Crippen molar-refractivity contribution in [3.63, 3.8) is 0 Å². The second-order valence-corrected chi connectivity index (χ2v) is 9.52. The Bertz CT molecular complexity index is 1210.